The standard InChI is InChI=1S/C5H13N5/c1-3(2)9-5(8)10-4(6)7/h3H,1-2H3,(H6,6,7,8,9,10)/p+1. The summed E-state index contributed by atoms with van der Waals surface area (Å²) in [5.41, 5.74) is 15.4. The molecule has 0 unspecified atom stereocenters. The first-order chi connectivity index (χ1) is 4.52. The molecule has 0 aromatic heterocycles. The van der Waals surface area contributed by atoms with Gasteiger partial charge in [-0.25, -0.2) is 0 Å². The molecule has 0 aromatic carbocycles. The lowest BCUT2D eigenvalue weighted by atomic mass is 10.4. The normalized spacial score (nSPS) is 11.7. The van der Waals surface area contributed by atoms with Crippen molar-refractivity contribution in [2.45, 2.75) is 19.9 Å². The van der Waals surface area contributed by atoms with Gasteiger partial charge in [-0.3, -0.25) is 10.7 Å². The Morgan fingerprint density at radius 2 is 1.80 bits per heavy atom. The zero-order valence-corrected chi connectivity index (χ0v) is 6.26. The smallest absolute Gasteiger partial charge is 0.356 e. The number of rotatable bonds is 1. The molecule has 7 N–H and O–H groups in total. The molecule has 0 atom stereocenters. The molecule has 0 heterocycles. The van der Waals surface area contributed by atoms with Crippen molar-refractivity contribution in [2.24, 2.45) is 22.2 Å². The highest BCUT2D eigenvalue weighted by molar-refractivity contribution is 5.89. The zero-order chi connectivity index (χ0) is 8.15. The number of hydrogen-bond acceptors (Lipinski definition) is 0. The lowest BCUT2D eigenvalue weighted by Gasteiger charge is -1.91. The molecule has 10 heavy (non-hydrogen) atoms. The van der Waals surface area contributed by atoms with Crippen LogP contribution in [0.5, 0.6) is 0 Å². The first-order valence-corrected chi connectivity index (χ1v) is 3.01. The zero-order valence-electron chi connectivity index (χ0n) is 6.26. The van der Waals surface area contributed by atoms with Crippen LogP contribution in [0.25, 0.3) is 0 Å². The number of nitrogens with one attached hydrogen (secondary N) is 1. The van der Waals surface area contributed by atoms with E-state index in [1.807, 2.05) is 13.8 Å². The molecule has 0 spiro atoms. The Bertz CT molecular complexity index is 153. The summed E-state index contributed by atoms with van der Waals surface area (Å²) in [6, 6.07) is 0.239. The van der Waals surface area contributed by atoms with Crippen molar-refractivity contribution < 1.29 is 4.99 Å². The molecule has 0 rings (SSSR count). The van der Waals surface area contributed by atoms with Gasteiger partial charge >= 0.3 is 5.96 Å². The highest BCUT2D eigenvalue weighted by Crippen LogP contribution is 1.60. The van der Waals surface area contributed by atoms with Crippen LogP contribution < -0.4 is 22.2 Å². The Morgan fingerprint density at radius 1 is 1.30 bits per heavy atom. The SMILES string of the molecule is CC(C)[NH+]=C(N)N=C(N)N. The molecule has 0 aliphatic rings. The van der Waals surface area contributed by atoms with Crippen LogP contribution in [0.4, 0.5) is 0 Å². The fourth-order valence-corrected chi connectivity index (χ4v) is 0.467. The number of guanidine groups is 2. The molecule has 0 saturated heterocycles. The van der Waals surface area contributed by atoms with Crippen LogP contribution in [0.3, 0.4) is 0 Å². The second-order valence-electron chi connectivity index (χ2n) is 2.22. The number of aliphatic imine (C=N–C) groups is 1. The Labute approximate surface area is 60.0 Å². The third-order valence-corrected chi connectivity index (χ3v) is 0.686. The first kappa shape index (κ1) is 8.74. The van der Waals surface area contributed by atoms with Crippen LogP contribution in [0.2, 0.25) is 0 Å². The highest BCUT2D eigenvalue weighted by atomic mass is 15.1. The van der Waals surface area contributed by atoms with Gasteiger partial charge in [0.2, 0.25) is 0 Å². The van der Waals surface area contributed by atoms with Crippen LogP contribution in [0.15, 0.2) is 4.99 Å². The Kier molecular flexibility index (Phi) is 3.24. The van der Waals surface area contributed by atoms with Gasteiger partial charge in [0.1, 0.15) is 0 Å². The monoisotopic (exact) mass is 144 g/mol. The van der Waals surface area contributed by atoms with Gasteiger partial charge in [-0.2, -0.15) is 0 Å². The van der Waals surface area contributed by atoms with E-state index < -0.39 is 0 Å². The summed E-state index contributed by atoms with van der Waals surface area (Å²) in [5.74, 6) is 0.209. The minimum Gasteiger partial charge on any atom is -0.356 e. The van der Waals surface area contributed by atoms with E-state index in [1.165, 1.54) is 0 Å². The van der Waals surface area contributed by atoms with Gasteiger partial charge in [-0.15, -0.1) is 0 Å². The van der Waals surface area contributed by atoms with E-state index in [0.717, 1.165) is 0 Å². The molecule has 5 nitrogen and oxygen atoms in total. The van der Waals surface area contributed by atoms with Gasteiger partial charge in [0, 0.05) is 0 Å². The maximum atomic E-state index is 5.33. The van der Waals surface area contributed by atoms with E-state index in [9.17, 15) is 0 Å². The van der Waals surface area contributed by atoms with Gasteiger partial charge < -0.3 is 11.5 Å². The third kappa shape index (κ3) is 4.89. The van der Waals surface area contributed by atoms with Crippen molar-refractivity contribution in [3.8, 4) is 0 Å². The lowest BCUT2D eigenvalue weighted by Crippen LogP contribution is -2.79. The largest absolute Gasteiger partial charge is 0.386 e. The maximum Gasteiger partial charge on any atom is 0.386 e. The molecule has 0 aliphatic carbocycles. The molecule has 0 aromatic rings. The van der Waals surface area contributed by atoms with E-state index in [-0.39, 0.29) is 18.0 Å². The van der Waals surface area contributed by atoms with Crippen LogP contribution in [0.1, 0.15) is 13.8 Å². The van der Waals surface area contributed by atoms with Gasteiger partial charge in [-0.05, 0) is 18.8 Å². The minimum absolute atomic E-state index is 0.0364. The maximum absolute atomic E-state index is 5.33. The number of hydrogen-bond donors (Lipinski definition) is 4. The summed E-state index contributed by atoms with van der Waals surface area (Å²) in [6.45, 7) is 3.88. The Hall–Kier alpha value is -1.26. The summed E-state index contributed by atoms with van der Waals surface area (Å²) in [4.78, 5) is 6.39. The van der Waals surface area contributed by atoms with Crippen LogP contribution >= 0.6 is 0 Å². The van der Waals surface area contributed by atoms with Crippen molar-refractivity contribution in [3.63, 3.8) is 0 Å². The molecule has 0 amide bonds. The first-order valence-electron chi connectivity index (χ1n) is 3.01. The van der Waals surface area contributed by atoms with Crippen LogP contribution in [-0.4, -0.2) is 18.0 Å². The summed E-state index contributed by atoms with van der Waals surface area (Å²) in [6.07, 6.45) is 0. The molecular formula is C5H14N5+. The molecule has 0 aliphatic heterocycles. The Morgan fingerprint density at radius 3 is 2.10 bits per heavy atom. The van der Waals surface area contributed by atoms with E-state index in [4.69, 9.17) is 17.2 Å². The fraction of sp³-hybridized carbons (Fsp3) is 0.600. The minimum atomic E-state index is -0.0364. The second-order valence-corrected chi connectivity index (χ2v) is 2.22. The fourth-order valence-electron chi connectivity index (χ4n) is 0.467. The molecule has 0 bridgehead atoms. The van der Waals surface area contributed by atoms with Crippen molar-refractivity contribution in [3.05, 3.63) is 0 Å². The van der Waals surface area contributed by atoms with E-state index >= 15 is 0 Å². The van der Waals surface area contributed by atoms with Crippen molar-refractivity contribution >= 4 is 11.9 Å². The van der Waals surface area contributed by atoms with E-state index in [0.29, 0.717) is 0 Å². The molecule has 0 fully saturated rings. The second kappa shape index (κ2) is 3.71. The van der Waals surface area contributed by atoms with Crippen molar-refractivity contribution in [1.29, 1.82) is 0 Å². The van der Waals surface area contributed by atoms with E-state index in [2.05, 4.69) is 9.98 Å². The molecular weight excluding hydrogens is 130 g/mol. The topological polar surface area (TPSA) is 104 Å². The summed E-state index contributed by atoms with van der Waals surface area (Å²) in [5, 5.41) is 0. The summed E-state index contributed by atoms with van der Waals surface area (Å²) < 4.78 is 0. The highest BCUT2D eigenvalue weighted by Gasteiger charge is 1.98. The predicted octanol–water partition coefficient (Wildman–Crippen LogP) is -2.94. The lowest BCUT2D eigenvalue weighted by molar-refractivity contribution is -0.495. The third-order valence-electron chi connectivity index (χ3n) is 0.686. The van der Waals surface area contributed by atoms with Gasteiger partial charge in [0.05, 0.1) is 6.04 Å². The summed E-state index contributed by atoms with van der Waals surface area (Å²) in [7, 11) is 0. The van der Waals surface area contributed by atoms with Gasteiger partial charge in [-0.1, -0.05) is 0 Å². The number of nitrogens with zero attached hydrogens (tertiary/aromatic N) is 1. The average molecular weight is 144 g/mol. The van der Waals surface area contributed by atoms with Crippen LogP contribution in [0, 0.1) is 0 Å². The van der Waals surface area contributed by atoms with Crippen molar-refractivity contribution in [2.75, 3.05) is 0 Å². The summed E-state index contributed by atoms with van der Waals surface area (Å²) >= 11 is 0. The predicted molar refractivity (Wildman–Crippen MR) is 41.1 cm³/mol. The molecule has 0 saturated carbocycles. The van der Waals surface area contributed by atoms with Crippen LogP contribution in [-0.2, 0) is 0 Å². The molecule has 0 radical (unpaired) electrons. The molecule has 58 valence electrons. The quantitative estimate of drug-likeness (QED) is 0.234. The van der Waals surface area contributed by atoms with Gasteiger partial charge in [0.15, 0.2) is 0 Å². The number of nitrogens with two attached hydrogens (primary N) is 3. The van der Waals surface area contributed by atoms with E-state index in [1.54, 1.807) is 0 Å². The van der Waals surface area contributed by atoms with Crippen molar-refractivity contribution in [1.82, 2.24) is 0 Å². The molecule has 5 heteroatoms. The average Bonchev–Trinajstić information content (AvgIpc) is 1.58. The Balaban J connectivity index is 4.08. The van der Waals surface area contributed by atoms with Gasteiger partial charge in [0.25, 0.3) is 5.96 Å².